The molecule has 1 rings (SSSR count). The maximum absolute atomic E-state index is 11.5. The summed E-state index contributed by atoms with van der Waals surface area (Å²) in [6.07, 6.45) is 4.14. The minimum Gasteiger partial charge on any atom is -0.382 e. The smallest absolute Gasteiger partial charge is 0.244 e. The van der Waals surface area contributed by atoms with Gasteiger partial charge >= 0.3 is 0 Å². The number of amides is 1. The Kier molecular flexibility index (Phi) is 8.34. The first-order chi connectivity index (χ1) is 9.33. The third-order valence-corrected chi connectivity index (χ3v) is 2.42. The van der Waals surface area contributed by atoms with Crippen LogP contribution in [-0.2, 0) is 14.3 Å². The summed E-state index contributed by atoms with van der Waals surface area (Å²) in [7, 11) is 1.64. The SMILES string of the molecule is COCCOCCCNC(=O)/C=C/c1ccccc1. The Balaban J connectivity index is 2.07. The summed E-state index contributed by atoms with van der Waals surface area (Å²) < 4.78 is 10.1. The van der Waals surface area contributed by atoms with E-state index in [0.717, 1.165) is 12.0 Å². The van der Waals surface area contributed by atoms with Crippen LogP contribution in [0.25, 0.3) is 6.08 Å². The summed E-state index contributed by atoms with van der Waals surface area (Å²) >= 11 is 0. The molecule has 0 bridgehead atoms. The molecule has 0 aliphatic rings. The van der Waals surface area contributed by atoms with Crippen molar-refractivity contribution >= 4 is 12.0 Å². The van der Waals surface area contributed by atoms with E-state index in [-0.39, 0.29) is 5.91 Å². The predicted molar refractivity (Wildman–Crippen MR) is 75.8 cm³/mol. The average Bonchev–Trinajstić information content (AvgIpc) is 2.45. The van der Waals surface area contributed by atoms with Crippen molar-refractivity contribution in [3.05, 3.63) is 42.0 Å². The molecule has 19 heavy (non-hydrogen) atoms. The fourth-order valence-electron chi connectivity index (χ4n) is 1.43. The fraction of sp³-hybridized carbons (Fsp3) is 0.400. The molecule has 1 amide bonds. The van der Waals surface area contributed by atoms with Crippen LogP contribution in [0.3, 0.4) is 0 Å². The van der Waals surface area contributed by atoms with E-state index >= 15 is 0 Å². The second-order valence-electron chi connectivity index (χ2n) is 3.99. The third-order valence-electron chi connectivity index (χ3n) is 2.42. The Morgan fingerprint density at radius 2 is 2.00 bits per heavy atom. The molecule has 0 atom stereocenters. The monoisotopic (exact) mass is 263 g/mol. The van der Waals surface area contributed by atoms with Crippen molar-refractivity contribution in [1.82, 2.24) is 5.32 Å². The normalized spacial score (nSPS) is 10.8. The summed E-state index contributed by atoms with van der Waals surface area (Å²) in [5.41, 5.74) is 1.01. The zero-order chi connectivity index (χ0) is 13.8. The van der Waals surface area contributed by atoms with E-state index < -0.39 is 0 Å². The lowest BCUT2D eigenvalue weighted by molar-refractivity contribution is -0.116. The molecule has 0 unspecified atom stereocenters. The van der Waals surface area contributed by atoms with E-state index in [1.165, 1.54) is 0 Å². The molecule has 0 aromatic heterocycles. The molecular weight excluding hydrogens is 242 g/mol. The summed E-state index contributed by atoms with van der Waals surface area (Å²) in [6, 6.07) is 9.73. The summed E-state index contributed by atoms with van der Waals surface area (Å²) in [5, 5.41) is 2.81. The van der Waals surface area contributed by atoms with Gasteiger partial charge in [-0.2, -0.15) is 0 Å². The van der Waals surface area contributed by atoms with E-state index in [9.17, 15) is 4.79 Å². The first-order valence-electron chi connectivity index (χ1n) is 6.40. The van der Waals surface area contributed by atoms with Gasteiger partial charge in [0.1, 0.15) is 0 Å². The van der Waals surface area contributed by atoms with E-state index in [4.69, 9.17) is 9.47 Å². The van der Waals surface area contributed by atoms with Crippen molar-refractivity contribution in [2.75, 3.05) is 33.5 Å². The largest absolute Gasteiger partial charge is 0.382 e. The van der Waals surface area contributed by atoms with Gasteiger partial charge in [-0.3, -0.25) is 4.79 Å². The molecule has 1 N–H and O–H groups in total. The Labute approximate surface area is 114 Å². The minimum atomic E-state index is -0.0826. The summed E-state index contributed by atoms with van der Waals surface area (Å²) in [5.74, 6) is -0.0826. The Hall–Kier alpha value is -1.65. The van der Waals surface area contributed by atoms with Gasteiger partial charge in [0.05, 0.1) is 13.2 Å². The highest BCUT2D eigenvalue weighted by atomic mass is 16.5. The second-order valence-corrected chi connectivity index (χ2v) is 3.99. The number of nitrogens with one attached hydrogen (secondary N) is 1. The Morgan fingerprint density at radius 1 is 1.21 bits per heavy atom. The molecule has 0 radical (unpaired) electrons. The van der Waals surface area contributed by atoms with E-state index in [1.807, 2.05) is 30.3 Å². The molecule has 4 nitrogen and oxygen atoms in total. The topological polar surface area (TPSA) is 47.6 Å². The number of methoxy groups -OCH3 is 1. The van der Waals surface area contributed by atoms with Crippen molar-refractivity contribution in [1.29, 1.82) is 0 Å². The zero-order valence-corrected chi connectivity index (χ0v) is 11.3. The summed E-state index contributed by atoms with van der Waals surface area (Å²) in [6.45, 7) is 2.45. The molecule has 0 saturated heterocycles. The van der Waals surface area contributed by atoms with Crippen LogP contribution in [0.4, 0.5) is 0 Å². The maximum Gasteiger partial charge on any atom is 0.244 e. The van der Waals surface area contributed by atoms with Crippen molar-refractivity contribution in [3.8, 4) is 0 Å². The van der Waals surface area contributed by atoms with Crippen LogP contribution < -0.4 is 5.32 Å². The lowest BCUT2D eigenvalue weighted by atomic mass is 10.2. The quantitative estimate of drug-likeness (QED) is 0.546. The molecule has 4 heteroatoms. The van der Waals surface area contributed by atoms with Crippen LogP contribution in [0.2, 0.25) is 0 Å². The van der Waals surface area contributed by atoms with Gasteiger partial charge in [0, 0.05) is 26.3 Å². The fourth-order valence-corrected chi connectivity index (χ4v) is 1.43. The standard InChI is InChI=1S/C15H21NO3/c1-18-12-13-19-11-5-10-16-15(17)9-8-14-6-3-2-4-7-14/h2-4,6-9H,5,10-13H2,1H3,(H,16,17)/b9-8+. The average molecular weight is 263 g/mol. The molecule has 1 aromatic rings. The summed E-state index contributed by atoms with van der Waals surface area (Å²) in [4.78, 5) is 11.5. The van der Waals surface area contributed by atoms with Crippen LogP contribution >= 0.6 is 0 Å². The van der Waals surface area contributed by atoms with Gasteiger partial charge in [-0.25, -0.2) is 0 Å². The van der Waals surface area contributed by atoms with Crippen LogP contribution in [-0.4, -0.2) is 39.4 Å². The Morgan fingerprint density at radius 3 is 2.74 bits per heavy atom. The van der Waals surface area contributed by atoms with Gasteiger partial charge in [-0.05, 0) is 18.1 Å². The number of benzene rings is 1. The lowest BCUT2D eigenvalue weighted by Gasteiger charge is -2.04. The van der Waals surface area contributed by atoms with Gasteiger partial charge in [0.25, 0.3) is 0 Å². The number of carbonyl (C=O) groups is 1. The number of rotatable bonds is 9. The molecular formula is C15H21NO3. The second kappa shape index (κ2) is 10.3. The highest BCUT2D eigenvalue weighted by Gasteiger charge is 1.95. The molecule has 0 spiro atoms. The van der Waals surface area contributed by atoms with Crippen molar-refractivity contribution in [2.45, 2.75) is 6.42 Å². The van der Waals surface area contributed by atoms with Crippen LogP contribution in [0.1, 0.15) is 12.0 Å². The van der Waals surface area contributed by atoms with Crippen molar-refractivity contribution in [2.24, 2.45) is 0 Å². The lowest BCUT2D eigenvalue weighted by Crippen LogP contribution is -2.23. The van der Waals surface area contributed by atoms with Crippen LogP contribution in [0.5, 0.6) is 0 Å². The van der Waals surface area contributed by atoms with E-state index in [2.05, 4.69) is 5.32 Å². The van der Waals surface area contributed by atoms with Crippen LogP contribution in [0.15, 0.2) is 36.4 Å². The number of hydrogen-bond donors (Lipinski definition) is 1. The van der Waals surface area contributed by atoms with Crippen LogP contribution in [0, 0.1) is 0 Å². The molecule has 0 aliphatic heterocycles. The van der Waals surface area contributed by atoms with E-state index in [0.29, 0.717) is 26.4 Å². The zero-order valence-electron chi connectivity index (χ0n) is 11.3. The van der Waals surface area contributed by atoms with E-state index in [1.54, 1.807) is 19.3 Å². The molecule has 0 heterocycles. The molecule has 104 valence electrons. The number of ether oxygens (including phenoxy) is 2. The van der Waals surface area contributed by atoms with Crippen molar-refractivity contribution < 1.29 is 14.3 Å². The van der Waals surface area contributed by atoms with Gasteiger partial charge in [-0.15, -0.1) is 0 Å². The van der Waals surface area contributed by atoms with Gasteiger partial charge in [-0.1, -0.05) is 30.3 Å². The first kappa shape index (κ1) is 15.4. The van der Waals surface area contributed by atoms with Gasteiger partial charge in [0.15, 0.2) is 0 Å². The number of hydrogen-bond acceptors (Lipinski definition) is 3. The minimum absolute atomic E-state index is 0.0826. The third kappa shape index (κ3) is 8.13. The highest BCUT2D eigenvalue weighted by Crippen LogP contribution is 2.00. The van der Waals surface area contributed by atoms with Gasteiger partial charge in [0.2, 0.25) is 5.91 Å². The van der Waals surface area contributed by atoms with Gasteiger partial charge < -0.3 is 14.8 Å². The number of carbonyl (C=O) groups excluding carboxylic acids is 1. The molecule has 0 saturated carbocycles. The molecule has 1 aromatic carbocycles. The Bertz CT molecular complexity index is 376. The predicted octanol–water partition coefficient (Wildman–Crippen LogP) is 1.87. The molecule has 0 fully saturated rings. The first-order valence-corrected chi connectivity index (χ1v) is 6.40. The maximum atomic E-state index is 11.5. The highest BCUT2D eigenvalue weighted by molar-refractivity contribution is 5.91. The van der Waals surface area contributed by atoms with Crippen molar-refractivity contribution in [3.63, 3.8) is 0 Å². The molecule has 0 aliphatic carbocycles.